The van der Waals surface area contributed by atoms with Crippen molar-refractivity contribution < 1.29 is 4.74 Å². The Morgan fingerprint density at radius 3 is 3.00 bits per heavy atom. The second kappa shape index (κ2) is 5.19. The molecule has 0 saturated heterocycles. The Labute approximate surface area is 102 Å². The molecule has 92 valence electrons. The van der Waals surface area contributed by atoms with E-state index in [0.717, 1.165) is 25.1 Å². The minimum Gasteiger partial charge on any atom is -0.385 e. The van der Waals surface area contributed by atoms with Crippen molar-refractivity contribution in [2.45, 2.75) is 6.42 Å². The van der Waals surface area contributed by atoms with E-state index >= 15 is 0 Å². The Hall–Kier alpha value is -1.55. The Morgan fingerprint density at radius 2 is 2.24 bits per heavy atom. The molecule has 0 bridgehead atoms. The Kier molecular flexibility index (Phi) is 3.64. The van der Waals surface area contributed by atoms with Gasteiger partial charge in [0.25, 0.3) is 0 Å². The zero-order valence-corrected chi connectivity index (χ0v) is 10.7. The summed E-state index contributed by atoms with van der Waals surface area (Å²) in [5.41, 5.74) is 3.41. The van der Waals surface area contributed by atoms with Gasteiger partial charge in [-0.25, -0.2) is 4.98 Å². The van der Waals surface area contributed by atoms with E-state index in [4.69, 9.17) is 4.74 Å². The predicted octanol–water partition coefficient (Wildman–Crippen LogP) is 2.05. The van der Waals surface area contributed by atoms with Gasteiger partial charge in [0, 0.05) is 34.4 Å². The molecule has 0 radical (unpaired) electrons. The first-order valence-electron chi connectivity index (χ1n) is 5.84. The summed E-state index contributed by atoms with van der Waals surface area (Å²) in [6, 6.07) is 6.28. The molecule has 0 atom stereocenters. The van der Waals surface area contributed by atoms with E-state index in [-0.39, 0.29) is 0 Å². The van der Waals surface area contributed by atoms with Crippen LogP contribution in [0.25, 0.3) is 11.0 Å². The molecule has 0 amide bonds. The number of aromatic nitrogens is 2. The van der Waals surface area contributed by atoms with Crippen LogP contribution in [0.15, 0.2) is 24.5 Å². The normalized spacial score (nSPS) is 11.0. The lowest BCUT2D eigenvalue weighted by Gasteiger charge is -2.19. The van der Waals surface area contributed by atoms with Crippen molar-refractivity contribution in [3.8, 4) is 0 Å². The number of aryl methyl sites for hydroxylation is 1. The van der Waals surface area contributed by atoms with Gasteiger partial charge in [-0.2, -0.15) is 0 Å². The number of ether oxygens (including phenoxy) is 1. The van der Waals surface area contributed by atoms with E-state index in [2.05, 4.69) is 35.1 Å². The maximum Gasteiger partial charge on any atom is 0.112 e. The van der Waals surface area contributed by atoms with Gasteiger partial charge < -0.3 is 14.2 Å². The van der Waals surface area contributed by atoms with E-state index < -0.39 is 0 Å². The molecule has 0 aliphatic carbocycles. The zero-order chi connectivity index (χ0) is 12.3. The highest BCUT2D eigenvalue weighted by atomic mass is 16.5. The van der Waals surface area contributed by atoms with Crippen LogP contribution in [0.2, 0.25) is 0 Å². The molecular weight excluding hydrogens is 214 g/mol. The summed E-state index contributed by atoms with van der Waals surface area (Å²) in [7, 11) is 5.85. The Morgan fingerprint density at radius 1 is 1.41 bits per heavy atom. The molecule has 2 aromatic rings. The largest absolute Gasteiger partial charge is 0.385 e. The van der Waals surface area contributed by atoms with Crippen molar-refractivity contribution in [2.24, 2.45) is 7.05 Å². The van der Waals surface area contributed by atoms with Gasteiger partial charge in [-0.05, 0) is 18.6 Å². The van der Waals surface area contributed by atoms with Gasteiger partial charge in [-0.15, -0.1) is 0 Å². The SMILES string of the molecule is COCCCN(C)c1cccc2c1ncn2C. The van der Waals surface area contributed by atoms with E-state index in [0.29, 0.717) is 0 Å². The molecule has 2 rings (SSSR count). The Balaban J connectivity index is 2.22. The van der Waals surface area contributed by atoms with Crippen molar-refractivity contribution in [3.05, 3.63) is 24.5 Å². The molecule has 0 unspecified atom stereocenters. The lowest BCUT2D eigenvalue weighted by Crippen LogP contribution is -2.19. The number of hydrogen-bond acceptors (Lipinski definition) is 3. The zero-order valence-electron chi connectivity index (χ0n) is 10.7. The number of para-hydroxylation sites is 1. The van der Waals surface area contributed by atoms with E-state index in [1.54, 1.807) is 7.11 Å². The first kappa shape index (κ1) is 11.9. The third kappa shape index (κ3) is 2.42. The molecule has 0 aliphatic rings. The first-order valence-corrected chi connectivity index (χ1v) is 5.84. The first-order chi connectivity index (χ1) is 8.24. The summed E-state index contributed by atoms with van der Waals surface area (Å²) >= 11 is 0. The van der Waals surface area contributed by atoms with Gasteiger partial charge in [-0.3, -0.25) is 0 Å². The van der Waals surface area contributed by atoms with Gasteiger partial charge in [-0.1, -0.05) is 6.07 Å². The molecule has 1 heterocycles. The maximum atomic E-state index is 5.07. The standard InChI is InChI=1S/C13H19N3O/c1-15(8-5-9-17-3)11-6-4-7-12-13(11)14-10-16(12)2/h4,6-7,10H,5,8-9H2,1-3H3. The number of fused-ring (bicyclic) bond motifs is 1. The van der Waals surface area contributed by atoms with Crippen LogP contribution in [0.1, 0.15) is 6.42 Å². The van der Waals surface area contributed by atoms with E-state index in [1.807, 2.05) is 17.9 Å². The molecule has 0 fully saturated rings. The fourth-order valence-electron chi connectivity index (χ4n) is 2.02. The smallest absolute Gasteiger partial charge is 0.112 e. The molecular formula is C13H19N3O. The van der Waals surface area contributed by atoms with E-state index in [9.17, 15) is 0 Å². The molecule has 0 N–H and O–H groups in total. The highest BCUT2D eigenvalue weighted by molar-refractivity contribution is 5.88. The maximum absolute atomic E-state index is 5.07. The van der Waals surface area contributed by atoms with Crippen LogP contribution in [0.3, 0.4) is 0 Å². The van der Waals surface area contributed by atoms with Crippen LogP contribution in [0.5, 0.6) is 0 Å². The topological polar surface area (TPSA) is 30.3 Å². The predicted molar refractivity (Wildman–Crippen MR) is 70.5 cm³/mol. The summed E-state index contributed by atoms with van der Waals surface area (Å²) < 4.78 is 7.12. The van der Waals surface area contributed by atoms with E-state index in [1.165, 1.54) is 11.2 Å². The number of rotatable bonds is 5. The van der Waals surface area contributed by atoms with Gasteiger partial charge in [0.15, 0.2) is 0 Å². The second-order valence-electron chi connectivity index (χ2n) is 4.27. The van der Waals surface area contributed by atoms with Crippen LogP contribution < -0.4 is 4.90 Å². The summed E-state index contributed by atoms with van der Waals surface area (Å²) in [6.45, 7) is 1.77. The highest BCUT2D eigenvalue weighted by Gasteiger charge is 2.08. The lowest BCUT2D eigenvalue weighted by atomic mass is 10.2. The number of methoxy groups -OCH3 is 1. The van der Waals surface area contributed by atoms with Crippen molar-refractivity contribution in [1.82, 2.24) is 9.55 Å². The number of nitrogens with zero attached hydrogens (tertiary/aromatic N) is 3. The Bertz CT molecular complexity index is 492. The summed E-state index contributed by atoms with van der Waals surface area (Å²) in [5.74, 6) is 0. The molecule has 0 saturated carbocycles. The van der Waals surface area contributed by atoms with Crippen molar-refractivity contribution in [3.63, 3.8) is 0 Å². The average molecular weight is 233 g/mol. The number of imidazole rings is 1. The van der Waals surface area contributed by atoms with Gasteiger partial charge in [0.2, 0.25) is 0 Å². The minimum atomic E-state index is 0.794. The fourth-order valence-corrected chi connectivity index (χ4v) is 2.02. The summed E-state index contributed by atoms with van der Waals surface area (Å²) in [4.78, 5) is 6.69. The summed E-state index contributed by atoms with van der Waals surface area (Å²) in [5, 5.41) is 0. The van der Waals surface area contributed by atoms with Gasteiger partial charge in [0.1, 0.15) is 5.52 Å². The number of hydrogen-bond donors (Lipinski definition) is 0. The number of anilines is 1. The molecule has 1 aromatic carbocycles. The van der Waals surface area contributed by atoms with Gasteiger partial charge in [0.05, 0.1) is 17.5 Å². The van der Waals surface area contributed by atoms with Crippen LogP contribution in [0, 0.1) is 0 Å². The number of benzene rings is 1. The average Bonchev–Trinajstić information content (AvgIpc) is 2.71. The van der Waals surface area contributed by atoms with Gasteiger partial charge >= 0.3 is 0 Å². The van der Waals surface area contributed by atoms with Crippen molar-refractivity contribution >= 4 is 16.7 Å². The molecule has 1 aromatic heterocycles. The molecule has 4 nitrogen and oxygen atoms in total. The monoisotopic (exact) mass is 233 g/mol. The minimum absolute atomic E-state index is 0.794. The highest BCUT2D eigenvalue weighted by Crippen LogP contribution is 2.24. The molecule has 0 aliphatic heterocycles. The molecule has 17 heavy (non-hydrogen) atoms. The van der Waals surface area contributed by atoms with Crippen LogP contribution in [-0.2, 0) is 11.8 Å². The van der Waals surface area contributed by atoms with Crippen LogP contribution >= 0.6 is 0 Å². The molecule has 4 heteroatoms. The quantitative estimate of drug-likeness (QED) is 0.740. The molecule has 0 spiro atoms. The van der Waals surface area contributed by atoms with Crippen LogP contribution in [0.4, 0.5) is 5.69 Å². The second-order valence-corrected chi connectivity index (χ2v) is 4.27. The van der Waals surface area contributed by atoms with Crippen LogP contribution in [-0.4, -0.2) is 36.9 Å². The van der Waals surface area contributed by atoms with Crippen molar-refractivity contribution in [1.29, 1.82) is 0 Å². The third-order valence-corrected chi connectivity index (χ3v) is 2.99. The lowest BCUT2D eigenvalue weighted by molar-refractivity contribution is 0.196. The summed E-state index contributed by atoms with van der Waals surface area (Å²) in [6.07, 6.45) is 2.88. The third-order valence-electron chi connectivity index (χ3n) is 2.99. The van der Waals surface area contributed by atoms with Crippen molar-refractivity contribution in [2.75, 3.05) is 32.2 Å². The fraction of sp³-hybridized carbons (Fsp3) is 0.462.